The second-order valence-electron chi connectivity index (χ2n) is 2.39. The van der Waals surface area contributed by atoms with Crippen molar-refractivity contribution in [1.29, 1.82) is 0 Å². The number of rotatable bonds is 2. The summed E-state index contributed by atoms with van der Waals surface area (Å²) >= 11 is 0. The lowest BCUT2D eigenvalue weighted by molar-refractivity contribution is -0.345. The van der Waals surface area contributed by atoms with E-state index in [4.69, 9.17) is 0 Å². The molecule has 0 saturated heterocycles. The van der Waals surface area contributed by atoms with Crippen LogP contribution >= 0.6 is 0 Å². The maximum atomic E-state index is 2.33. The molecule has 54 valence electrons. The zero-order valence-electron chi connectivity index (χ0n) is 6.54. The summed E-state index contributed by atoms with van der Waals surface area (Å²) in [6.45, 7) is 3.38. The van der Waals surface area contributed by atoms with E-state index in [9.17, 15) is 0 Å². The standard InChI is InChI=1S/C7H13N2Si/c1-3-5-9-7-4-6-8(2)10-9/h4,6-7H,3,5H2,1-2H3/q+1. The van der Waals surface area contributed by atoms with Crippen molar-refractivity contribution < 1.29 is 4.24 Å². The van der Waals surface area contributed by atoms with E-state index in [0.29, 0.717) is 0 Å². The summed E-state index contributed by atoms with van der Waals surface area (Å²) < 4.78 is 4.54. The normalized spacial score (nSPS) is 17.4. The van der Waals surface area contributed by atoms with Crippen molar-refractivity contribution >= 4 is 16.1 Å². The number of hydrogen-bond donors (Lipinski definition) is 0. The molecule has 1 aliphatic rings. The van der Waals surface area contributed by atoms with Crippen molar-refractivity contribution in [2.24, 2.45) is 0 Å². The summed E-state index contributed by atoms with van der Waals surface area (Å²) in [5.74, 6) is 0. The van der Waals surface area contributed by atoms with Crippen LogP contribution in [0.25, 0.3) is 0 Å². The van der Waals surface area contributed by atoms with Gasteiger partial charge in [-0.15, -0.1) is 0 Å². The molecule has 2 nitrogen and oxygen atoms in total. The second-order valence-corrected chi connectivity index (χ2v) is 3.87. The Bertz CT molecular complexity index is 163. The van der Waals surface area contributed by atoms with E-state index in [1.165, 1.54) is 13.0 Å². The quantitative estimate of drug-likeness (QED) is 0.523. The van der Waals surface area contributed by atoms with Crippen LogP contribution in [0.2, 0.25) is 0 Å². The summed E-state index contributed by atoms with van der Waals surface area (Å²) in [7, 11) is 2.90. The molecule has 0 N–H and O–H groups in total. The Labute approximate surface area is 64.8 Å². The average Bonchev–Trinajstić information content (AvgIpc) is 1.88. The molecule has 1 aliphatic heterocycles. The lowest BCUT2D eigenvalue weighted by atomic mass is 10.5. The molecule has 1 rings (SSSR count). The maximum absolute atomic E-state index is 2.33. The zero-order chi connectivity index (χ0) is 7.40. The van der Waals surface area contributed by atoms with E-state index >= 15 is 0 Å². The molecular weight excluding hydrogens is 140 g/mol. The minimum absolute atomic E-state index is 0.798. The lowest BCUT2D eigenvalue weighted by Crippen LogP contribution is -2.33. The Morgan fingerprint density at radius 2 is 2.40 bits per heavy atom. The minimum atomic E-state index is 0.798. The maximum Gasteiger partial charge on any atom is 0.643 e. The van der Waals surface area contributed by atoms with Gasteiger partial charge in [0.05, 0.1) is 0 Å². The molecule has 3 heteroatoms. The largest absolute Gasteiger partial charge is 0.643 e. The predicted molar refractivity (Wildman–Crippen MR) is 44.1 cm³/mol. The molecule has 0 spiro atoms. The van der Waals surface area contributed by atoms with Crippen LogP contribution in [0, 0.1) is 0 Å². The van der Waals surface area contributed by atoms with Crippen molar-refractivity contribution in [3.63, 3.8) is 0 Å². The smallest absolute Gasteiger partial charge is 0.343 e. The van der Waals surface area contributed by atoms with E-state index in [1.807, 2.05) is 0 Å². The van der Waals surface area contributed by atoms with Crippen molar-refractivity contribution in [3.8, 4) is 0 Å². The van der Waals surface area contributed by atoms with Crippen molar-refractivity contribution in [2.45, 2.75) is 13.3 Å². The van der Waals surface area contributed by atoms with Crippen LogP contribution in [-0.4, -0.2) is 38.5 Å². The van der Waals surface area contributed by atoms with Crippen molar-refractivity contribution in [2.75, 3.05) is 13.6 Å². The molecule has 0 aromatic rings. The fourth-order valence-corrected chi connectivity index (χ4v) is 1.94. The Morgan fingerprint density at radius 1 is 1.60 bits per heavy atom. The third kappa shape index (κ3) is 1.99. The topological polar surface area (TPSA) is 6.25 Å². The van der Waals surface area contributed by atoms with E-state index in [-0.39, 0.29) is 0 Å². The highest BCUT2D eigenvalue weighted by molar-refractivity contribution is 6.23. The van der Waals surface area contributed by atoms with E-state index < -0.39 is 0 Å². The summed E-state index contributed by atoms with van der Waals surface area (Å²) in [4.78, 5) is 0. The lowest BCUT2D eigenvalue weighted by Gasteiger charge is -2.14. The first-order valence-corrected chi connectivity index (χ1v) is 4.50. The number of allylic oxidation sites excluding steroid dienone is 1. The van der Waals surface area contributed by atoms with Crippen LogP contribution in [0.5, 0.6) is 0 Å². The Balaban J connectivity index is 2.39. The number of nitrogens with zero attached hydrogens (tertiary/aromatic N) is 2. The van der Waals surface area contributed by atoms with Gasteiger partial charge in [-0.05, 0) is 6.42 Å². The van der Waals surface area contributed by atoms with Crippen LogP contribution in [0.1, 0.15) is 13.3 Å². The van der Waals surface area contributed by atoms with E-state index in [1.54, 1.807) is 0 Å². The Hall–Kier alpha value is -0.573. The van der Waals surface area contributed by atoms with Gasteiger partial charge in [0.15, 0.2) is 0 Å². The van der Waals surface area contributed by atoms with Gasteiger partial charge >= 0.3 is 9.84 Å². The van der Waals surface area contributed by atoms with Gasteiger partial charge in [-0.3, -0.25) is 4.24 Å². The highest BCUT2D eigenvalue weighted by Gasteiger charge is 2.14. The number of hydrogen-bond acceptors (Lipinski definition) is 1. The summed E-state index contributed by atoms with van der Waals surface area (Å²) in [5, 5.41) is 0. The summed E-state index contributed by atoms with van der Waals surface area (Å²) in [6.07, 6.45) is 7.57. The van der Waals surface area contributed by atoms with Gasteiger partial charge in [-0.25, -0.2) is 0 Å². The third-order valence-electron chi connectivity index (χ3n) is 1.33. The van der Waals surface area contributed by atoms with Crippen LogP contribution in [0.15, 0.2) is 12.3 Å². The summed E-state index contributed by atoms with van der Waals surface area (Å²) in [5.41, 5.74) is 0. The zero-order valence-corrected chi connectivity index (χ0v) is 7.54. The molecule has 0 aliphatic carbocycles. The first-order valence-electron chi connectivity index (χ1n) is 3.60. The van der Waals surface area contributed by atoms with E-state index in [0.717, 1.165) is 9.84 Å². The Kier molecular flexibility index (Phi) is 2.68. The SMILES string of the molecule is CCCN1C=CC=[N+](C)[Si]1. The average molecular weight is 153 g/mol. The summed E-state index contributed by atoms with van der Waals surface area (Å²) in [6, 6.07) is 0. The van der Waals surface area contributed by atoms with Crippen LogP contribution in [0.4, 0.5) is 0 Å². The van der Waals surface area contributed by atoms with E-state index in [2.05, 4.69) is 41.3 Å². The van der Waals surface area contributed by atoms with Gasteiger partial charge in [0.2, 0.25) is 0 Å². The molecule has 0 saturated carbocycles. The molecule has 0 aromatic heterocycles. The Morgan fingerprint density at radius 3 is 3.00 bits per heavy atom. The van der Waals surface area contributed by atoms with Gasteiger partial charge in [0, 0.05) is 18.8 Å². The fraction of sp³-hybridized carbons (Fsp3) is 0.571. The van der Waals surface area contributed by atoms with Gasteiger partial charge in [-0.2, -0.15) is 0 Å². The highest BCUT2D eigenvalue weighted by atomic mass is 28.2. The highest BCUT2D eigenvalue weighted by Crippen LogP contribution is 1.92. The van der Waals surface area contributed by atoms with Crippen LogP contribution < -0.4 is 0 Å². The molecule has 2 radical (unpaired) electrons. The molecule has 0 atom stereocenters. The van der Waals surface area contributed by atoms with Crippen molar-refractivity contribution in [3.05, 3.63) is 12.3 Å². The molecule has 10 heavy (non-hydrogen) atoms. The minimum Gasteiger partial charge on any atom is -0.343 e. The first-order chi connectivity index (χ1) is 4.83. The molecule has 0 bridgehead atoms. The molecular formula is C7H13N2Si+. The van der Waals surface area contributed by atoms with Crippen LogP contribution in [0.3, 0.4) is 0 Å². The predicted octanol–water partition coefficient (Wildman–Crippen LogP) is 0.473. The third-order valence-corrected chi connectivity index (χ3v) is 2.42. The molecule has 0 unspecified atom stereocenters. The van der Waals surface area contributed by atoms with Gasteiger partial charge in [-0.1, -0.05) is 6.92 Å². The molecule has 0 fully saturated rings. The monoisotopic (exact) mass is 153 g/mol. The van der Waals surface area contributed by atoms with Crippen molar-refractivity contribution in [1.82, 2.24) is 4.57 Å². The van der Waals surface area contributed by atoms with Crippen LogP contribution in [-0.2, 0) is 0 Å². The van der Waals surface area contributed by atoms with Gasteiger partial charge < -0.3 is 4.57 Å². The first kappa shape index (κ1) is 7.53. The molecule has 0 amide bonds. The fourth-order valence-electron chi connectivity index (χ4n) is 0.906. The van der Waals surface area contributed by atoms with Gasteiger partial charge in [0.1, 0.15) is 13.3 Å². The van der Waals surface area contributed by atoms with Gasteiger partial charge in [0.25, 0.3) is 0 Å². The molecule has 0 aromatic carbocycles. The molecule has 1 heterocycles. The second kappa shape index (κ2) is 3.56.